The molecular weight excluding hydrogens is 295 g/mol. The van der Waals surface area contributed by atoms with Crippen LogP contribution in [-0.4, -0.2) is 11.9 Å². The molecule has 0 aliphatic heterocycles. The van der Waals surface area contributed by atoms with E-state index in [4.69, 9.17) is 4.52 Å². The van der Waals surface area contributed by atoms with Crippen LogP contribution in [0.15, 0.2) is 42.5 Å². The maximum atomic E-state index is 12.8. The Balaban J connectivity index is 2.32. The fraction of sp³-hybridized carbons (Fsp3) is 0.278. The van der Waals surface area contributed by atoms with E-state index in [2.05, 4.69) is 0 Å². The van der Waals surface area contributed by atoms with Crippen molar-refractivity contribution in [1.82, 2.24) is 0 Å². The fourth-order valence-electron chi connectivity index (χ4n) is 2.83. The van der Waals surface area contributed by atoms with Crippen LogP contribution in [-0.2, 0) is 15.5 Å². The smallest absolute Gasteiger partial charge is 0.192 e. The second kappa shape index (κ2) is 7.53. The second-order valence-corrected chi connectivity index (χ2v) is 6.01. The van der Waals surface area contributed by atoms with Gasteiger partial charge >= 0.3 is 0 Å². The summed E-state index contributed by atoms with van der Waals surface area (Å²) in [5, 5.41) is 0. The minimum atomic E-state index is -1.43. The van der Waals surface area contributed by atoms with Crippen LogP contribution in [0.3, 0.4) is 0 Å². The zero-order chi connectivity index (χ0) is 16.1. The van der Waals surface area contributed by atoms with Gasteiger partial charge in [-0.3, -0.25) is 9.36 Å². The van der Waals surface area contributed by atoms with Crippen molar-refractivity contribution in [2.45, 2.75) is 33.3 Å². The average molecular weight is 316 g/mol. The lowest BCUT2D eigenvalue weighted by molar-refractivity contribution is 0.0811. The van der Waals surface area contributed by atoms with Crippen LogP contribution in [0.4, 0.5) is 0 Å². The summed E-state index contributed by atoms with van der Waals surface area (Å²) in [6.07, 6.45) is -0.267. The van der Waals surface area contributed by atoms with Crippen molar-refractivity contribution in [1.29, 1.82) is 0 Å². The van der Waals surface area contributed by atoms with E-state index < -0.39 is 14.8 Å². The van der Waals surface area contributed by atoms with E-state index >= 15 is 0 Å². The highest BCUT2D eigenvalue weighted by Crippen LogP contribution is 2.22. The number of Topliss-reactive ketones (excluding diaryl/α,β-unsaturated/α-hetero) is 1. The Bertz CT molecular complexity index is 657. The van der Waals surface area contributed by atoms with Gasteiger partial charge in [-0.15, -0.1) is 0 Å². The quantitative estimate of drug-likeness (QED) is 0.595. The first-order chi connectivity index (χ1) is 10.5. The van der Waals surface area contributed by atoms with Crippen molar-refractivity contribution in [3.63, 3.8) is 0 Å². The van der Waals surface area contributed by atoms with Gasteiger partial charge < -0.3 is 4.52 Å². The summed E-state index contributed by atoms with van der Waals surface area (Å²) in [6.45, 7) is 5.86. The van der Waals surface area contributed by atoms with Crippen LogP contribution in [0.1, 0.15) is 32.6 Å². The molecule has 0 aliphatic carbocycles. The van der Waals surface area contributed by atoms with E-state index in [9.17, 15) is 9.36 Å². The standard InChI is InChI=1S/C18H21O3P/c1-12-9-13(2)17(14(3)10-12)18(19)16(21-22-20)11-15-7-5-4-6-8-15/h4-10,16H,11,22H2,1-3H3. The average Bonchev–Trinajstić information content (AvgIpc) is 2.46. The Morgan fingerprint density at radius 1 is 1.09 bits per heavy atom. The lowest BCUT2D eigenvalue weighted by Gasteiger charge is -2.17. The highest BCUT2D eigenvalue weighted by Gasteiger charge is 2.24. The summed E-state index contributed by atoms with van der Waals surface area (Å²) in [6, 6.07) is 13.6. The number of benzene rings is 2. The summed E-state index contributed by atoms with van der Waals surface area (Å²) in [5.41, 5.74) is 4.67. The van der Waals surface area contributed by atoms with E-state index in [1.807, 2.05) is 63.2 Å². The van der Waals surface area contributed by atoms with Gasteiger partial charge in [0.2, 0.25) is 0 Å². The van der Waals surface area contributed by atoms with E-state index in [0.29, 0.717) is 12.0 Å². The number of hydrogen-bond donors (Lipinski definition) is 0. The van der Waals surface area contributed by atoms with Crippen molar-refractivity contribution in [3.05, 3.63) is 70.3 Å². The Hall–Kier alpha value is -1.70. The van der Waals surface area contributed by atoms with E-state index in [0.717, 1.165) is 22.3 Å². The van der Waals surface area contributed by atoms with Crippen LogP contribution in [0.2, 0.25) is 0 Å². The van der Waals surface area contributed by atoms with Crippen LogP contribution >= 0.6 is 8.69 Å². The van der Waals surface area contributed by atoms with E-state index in [1.54, 1.807) is 0 Å². The molecule has 2 aromatic carbocycles. The van der Waals surface area contributed by atoms with Gasteiger partial charge in [0.15, 0.2) is 14.5 Å². The molecule has 0 bridgehead atoms. The summed E-state index contributed by atoms with van der Waals surface area (Å²) in [5.74, 6) is -0.0952. The van der Waals surface area contributed by atoms with Crippen LogP contribution < -0.4 is 0 Å². The molecule has 22 heavy (non-hydrogen) atoms. The van der Waals surface area contributed by atoms with Crippen molar-refractivity contribution < 1.29 is 13.9 Å². The van der Waals surface area contributed by atoms with Gasteiger partial charge in [-0.05, 0) is 37.5 Å². The zero-order valence-electron chi connectivity index (χ0n) is 13.1. The highest BCUT2D eigenvalue weighted by atomic mass is 31.1. The molecule has 0 aliphatic rings. The Kier molecular flexibility index (Phi) is 5.70. The zero-order valence-corrected chi connectivity index (χ0v) is 14.3. The predicted octanol–water partition coefficient (Wildman–Crippen LogP) is 4.09. The first-order valence-electron chi connectivity index (χ1n) is 7.28. The molecule has 0 heterocycles. The number of ketones is 1. The van der Waals surface area contributed by atoms with Gasteiger partial charge in [-0.1, -0.05) is 48.0 Å². The first-order valence-corrected chi connectivity index (χ1v) is 8.22. The number of hydrogen-bond acceptors (Lipinski definition) is 3. The third-order valence-corrected chi connectivity index (χ3v) is 4.14. The highest BCUT2D eigenvalue weighted by molar-refractivity contribution is 7.17. The van der Waals surface area contributed by atoms with Gasteiger partial charge in [0.25, 0.3) is 0 Å². The maximum Gasteiger partial charge on any atom is 0.192 e. The third kappa shape index (κ3) is 3.94. The molecule has 2 rings (SSSR count). The van der Waals surface area contributed by atoms with Crippen molar-refractivity contribution in [2.75, 3.05) is 0 Å². The Morgan fingerprint density at radius 3 is 2.23 bits per heavy atom. The number of carbonyl (C=O) groups is 1. The molecular formula is C18H21O3P. The predicted molar refractivity (Wildman–Crippen MR) is 90.4 cm³/mol. The molecule has 0 spiro atoms. The first kappa shape index (κ1) is 16.7. The lowest BCUT2D eigenvalue weighted by Crippen LogP contribution is -2.25. The minimum Gasteiger partial charge on any atom is -0.320 e. The summed E-state index contributed by atoms with van der Waals surface area (Å²) < 4.78 is 16.3. The summed E-state index contributed by atoms with van der Waals surface area (Å²) in [4.78, 5) is 12.8. The van der Waals surface area contributed by atoms with Crippen molar-refractivity contribution >= 4 is 14.5 Å². The molecule has 0 amide bonds. The fourth-order valence-corrected chi connectivity index (χ4v) is 3.18. The summed E-state index contributed by atoms with van der Waals surface area (Å²) >= 11 is 0. The maximum absolute atomic E-state index is 12.8. The molecule has 0 aromatic heterocycles. The third-order valence-electron chi connectivity index (χ3n) is 3.70. The van der Waals surface area contributed by atoms with Crippen LogP contribution in [0.25, 0.3) is 0 Å². The van der Waals surface area contributed by atoms with Gasteiger partial charge in [-0.25, -0.2) is 0 Å². The summed E-state index contributed by atoms with van der Waals surface area (Å²) in [7, 11) is -1.43. The topological polar surface area (TPSA) is 43.4 Å². The molecule has 116 valence electrons. The van der Waals surface area contributed by atoms with Gasteiger partial charge in [0.1, 0.15) is 6.10 Å². The molecule has 0 fully saturated rings. The minimum absolute atomic E-state index is 0.0952. The Morgan fingerprint density at radius 2 is 1.68 bits per heavy atom. The number of aryl methyl sites for hydroxylation is 3. The molecule has 0 saturated carbocycles. The van der Waals surface area contributed by atoms with Crippen molar-refractivity contribution in [2.24, 2.45) is 0 Å². The number of rotatable bonds is 6. The van der Waals surface area contributed by atoms with Crippen molar-refractivity contribution in [3.8, 4) is 0 Å². The molecule has 0 radical (unpaired) electrons. The molecule has 4 heteroatoms. The van der Waals surface area contributed by atoms with Gasteiger partial charge in [0.05, 0.1) is 0 Å². The lowest BCUT2D eigenvalue weighted by atomic mass is 9.92. The van der Waals surface area contributed by atoms with Crippen LogP contribution in [0.5, 0.6) is 0 Å². The van der Waals surface area contributed by atoms with E-state index in [1.165, 1.54) is 0 Å². The Labute approximate surface area is 132 Å². The van der Waals surface area contributed by atoms with E-state index in [-0.39, 0.29) is 5.78 Å². The normalized spacial score (nSPS) is 12.7. The van der Waals surface area contributed by atoms with Gasteiger partial charge in [0, 0.05) is 12.0 Å². The molecule has 0 N–H and O–H groups in total. The SMILES string of the molecule is Cc1cc(C)c(C(=O)C(Cc2ccccc2)O[PH2]=O)c(C)c1. The molecule has 2 aromatic rings. The largest absolute Gasteiger partial charge is 0.320 e. The van der Waals surface area contributed by atoms with Gasteiger partial charge in [-0.2, -0.15) is 0 Å². The second-order valence-electron chi connectivity index (χ2n) is 5.55. The monoisotopic (exact) mass is 316 g/mol. The molecule has 3 nitrogen and oxygen atoms in total. The molecule has 2 atom stereocenters. The molecule has 2 unspecified atom stereocenters. The number of carbonyl (C=O) groups excluding carboxylic acids is 1. The molecule has 0 saturated heterocycles. The van der Waals surface area contributed by atoms with Crippen LogP contribution in [0, 0.1) is 20.8 Å².